The van der Waals surface area contributed by atoms with E-state index in [1.807, 2.05) is 6.07 Å². The van der Waals surface area contributed by atoms with E-state index in [0.717, 1.165) is 32.7 Å². The Hall–Kier alpha value is -2.42. The zero-order valence-electron chi connectivity index (χ0n) is 19.0. The first kappa shape index (κ1) is 24.2. The van der Waals surface area contributed by atoms with Gasteiger partial charge in [0.05, 0.1) is 23.8 Å². The minimum atomic E-state index is -3.71. The van der Waals surface area contributed by atoms with Gasteiger partial charge in [-0.05, 0) is 48.7 Å². The molecule has 2 aromatic rings. The van der Waals surface area contributed by atoms with Crippen LogP contribution in [0.15, 0.2) is 59.5 Å². The third-order valence-electron chi connectivity index (χ3n) is 5.70. The number of nitrogens with one attached hydrogen (secondary N) is 1. The molecule has 0 aromatic heterocycles. The van der Waals surface area contributed by atoms with Crippen LogP contribution in [0.3, 0.4) is 0 Å². The van der Waals surface area contributed by atoms with Crippen molar-refractivity contribution in [2.24, 2.45) is 5.92 Å². The Labute approximate surface area is 191 Å². The smallest absolute Gasteiger partial charge is 0.264 e. The van der Waals surface area contributed by atoms with E-state index in [-0.39, 0.29) is 16.8 Å². The van der Waals surface area contributed by atoms with Crippen LogP contribution in [0.4, 0.5) is 5.69 Å². The fraction of sp³-hybridized carbons (Fsp3) is 0.458. The minimum Gasteiger partial charge on any atom is -0.379 e. The van der Waals surface area contributed by atoms with Gasteiger partial charge in [-0.15, -0.1) is 0 Å². The molecule has 1 saturated heterocycles. The lowest BCUT2D eigenvalue weighted by molar-refractivity contribution is 0.0124. The van der Waals surface area contributed by atoms with E-state index in [9.17, 15) is 13.2 Å². The molecule has 1 fully saturated rings. The minimum absolute atomic E-state index is 0.145. The van der Waals surface area contributed by atoms with Crippen LogP contribution in [-0.2, 0) is 14.8 Å². The van der Waals surface area contributed by atoms with Crippen molar-refractivity contribution in [3.05, 3.63) is 60.2 Å². The van der Waals surface area contributed by atoms with Crippen molar-refractivity contribution in [1.29, 1.82) is 0 Å². The summed E-state index contributed by atoms with van der Waals surface area (Å²) in [6.45, 7) is 8.09. The van der Waals surface area contributed by atoms with Crippen LogP contribution in [-0.4, -0.2) is 65.2 Å². The van der Waals surface area contributed by atoms with Crippen LogP contribution in [0, 0.1) is 5.92 Å². The molecule has 0 saturated carbocycles. The van der Waals surface area contributed by atoms with E-state index < -0.39 is 10.0 Å². The van der Waals surface area contributed by atoms with Crippen LogP contribution in [0.5, 0.6) is 0 Å². The number of carbonyl (C=O) groups is 1. The number of para-hydroxylation sites is 1. The van der Waals surface area contributed by atoms with Crippen molar-refractivity contribution >= 4 is 21.6 Å². The molecule has 2 aromatic carbocycles. The summed E-state index contributed by atoms with van der Waals surface area (Å²) in [4.78, 5) is 15.2. The van der Waals surface area contributed by atoms with Gasteiger partial charge < -0.3 is 10.1 Å². The highest BCUT2D eigenvalue weighted by atomic mass is 32.2. The van der Waals surface area contributed by atoms with Crippen molar-refractivity contribution in [2.75, 3.05) is 44.2 Å². The average molecular weight is 460 g/mol. The summed E-state index contributed by atoms with van der Waals surface area (Å²) in [5, 5.41) is 3.03. The zero-order chi connectivity index (χ0) is 23.1. The molecule has 1 atom stereocenters. The lowest BCUT2D eigenvalue weighted by Crippen LogP contribution is -2.49. The summed E-state index contributed by atoms with van der Waals surface area (Å²) in [6.07, 6.45) is 0.989. The third-order valence-corrected chi connectivity index (χ3v) is 7.50. The number of benzene rings is 2. The molecule has 8 heteroatoms. The molecule has 0 bridgehead atoms. The molecule has 1 amide bonds. The predicted molar refractivity (Wildman–Crippen MR) is 126 cm³/mol. The second kappa shape index (κ2) is 10.9. The Kier molecular flexibility index (Phi) is 8.28. The van der Waals surface area contributed by atoms with E-state index in [2.05, 4.69) is 24.1 Å². The summed E-state index contributed by atoms with van der Waals surface area (Å²) in [6, 6.07) is 15.2. The number of hydrogen-bond acceptors (Lipinski definition) is 5. The molecule has 7 nitrogen and oxygen atoms in total. The number of sulfonamides is 1. The standard InChI is InChI=1S/C24H33N3O4S/c1-19(2)17-22(27-13-15-31-16-14-27)18-25-24(28)20-9-11-23(12-10-20)32(29,30)26(3)21-7-5-4-6-8-21/h4-12,19,22H,13-18H2,1-3H3,(H,25,28). The second-order valence-electron chi connectivity index (χ2n) is 8.47. The number of hydrogen-bond donors (Lipinski definition) is 1. The molecule has 1 aliphatic heterocycles. The van der Waals surface area contributed by atoms with E-state index in [4.69, 9.17) is 4.74 Å². The summed E-state index contributed by atoms with van der Waals surface area (Å²) < 4.78 is 32.5. The van der Waals surface area contributed by atoms with Gasteiger partial charge in [-0.1, -0.05) is 32.0 Å². The van der Waals surface area contributed by atoms with Crippen LogP contribution in [0.25, 0.3) is 0 Å². The molecule has 174 valence electrons. The average Bonchev–Trinajstić information content (AvgIpc) is 2.82. The van der Waals surface area contributed by atoms with E-state index >= 15 is 0 Å². The maximum absolute atomic E-state index is 12.9. The van der Waals surface area contributed by atoms with Crippen molar-refractivity contribution in [1.82, 2.24) is 10.2 Å². The Bertz CT molecular complexity index is 972. The van der Waals surface area contributed by atoms with Crippen molar-refractivity contribution in [3.8, 4) is 0 Å². The summed E-state index contributed by atoms with van der Waals surface area (Å²) in [5.41, 5.74) is 1.02. The first-order valence-electron chi connectivity index (χ1n) is 11.0. The van der Waals surface area contributed by atoms with Crippen LogP contribution >= 0.6 is 0 Å². The third kappa shape index (κ3) is 6.09. The Morgan fingerprint density at radius 2 is 1.69 bits per heavy atom. The molecule has 3 rings (SSSR count). The van der Waals surface area contributed by atoms with Crippen molar-refractivity contribution < 1.29 is 17.9 Å². The van der Waals surface area contributed by atoms with Gasteiger partial charge in [-0.3, -0.25) is 14.0 Å². The number of amides is 1. The lowest BCUT2D eigenvalue weighted by atomic mass is 10.0. The Balaban J connectivity index is 1.65. The normalized spacial score (nSPS) is 16.0. The number of anilines is 1. The molecule has 1 heterocycles. The van der Waals surface area contributed by atoms with Gasteiger partial charge in [0, 0.05) is 38.3 Å². The van der Waals surface area contributed by atoms with E-state index in [1.54, 1.807) is 36.4 Å². The number of nitrogens with zero attached hydrogens (tertiary/aromatic N) is 2. The largest absolute Gasteiger partial charge is 0.379 e. The molecular weight excluding hydrogens is 426 g/mol. The number of rotatable bonds is 9. The Morgan fingerprint density at radius 3 is 2.28 bits per heavy atom. The van der Waals surface area contributed by atoms with Gasteiger partial charge in [0.25, 0.3) is 15.9 Å². The van der Waals surface area contributed by atoms with Gasteiger partial charge >= 0.3 is 0 Å². The highest BCUT2D eigenvalue weighted by molar-refractivity contribution is 7.92. The molecule has 32 heavy (non-hydrogen) atoms. The Morgan fingerprint density at radius 1 is 1.06 bits per heavy atom. The fourth-order valence-corrected chi connectivity index (χ4v) is 5.07. The van der Waals surface area contributed by atoms with Crippen molar-refractivity contribution in [3.63, 3.8) is 0 Å². The second-order valence-corrected chi connectivity index (χ2v) is 10.4. The fourth-order valence-electron chi connectivity index (χ4n) is 3.87. The summed E-state index contributed by atoms with van der Waals surface area (Å²) in [7, 11) is -2.19. The van der Waals surface area contributed by atoms with Gasteiger partial charge in [0.1, 0.15) is 0 Å². The molecule has 1 unspecified atom stereocenters. The first-order valence-corrected chi connectivity index (χ1v) is 12.5. The molecular formula is C24H33N3O4S. The highest BCUT2D eigenvalue weighted by Gasteiger charge is 2.24. The molecule has 0 radical (unpaired) electrons. The van der Waals surface area contributed by atoms with E-state index in [0.29, 0.717) is 23.7 Å². The highest BCUT2D eigenvalue weighted by Crippen LogP contribution is 2.22. The summed E-state index contributed by atoms with van der Waals surface area (Å²) in [5.74, 6) is 0.318. The quantitative estimate of drug-likeness (QED) is 0.624. The number of ether oxygens (including phenoxy) is 1. The summed E-state index contributed by atoms with van der Waals surface area (Å²) >= 11 is 0. The maximum atomic E-state index is 12.9. The van der Waals surface area contributed by atoms with Gasteiger partial charge in [-0.2, -0.15) is 0 Å². The SMILES string of the molecule is CC(C)CC(CNC(=O)c1ccc(S(=O)(=O)N(C)c2ccccc2)cc1)N1CCOCC1. The van der Waals surface area contributed by atoms with Gasteiger partial charge in [0.15, 0.2) is 0 Å². The molecule has 1 N–H and O–H groups in total. The number of carbonyl (C=O) groups excluding carboxylic acids is 1. The lowest BCUT2D eigenvalue weighted by Gasteiger charge is -2.35. The zero-order valence-corrected chi connectivity index (χ0v) is 19.8. The number of morpholine rings is 1. The van der Waals surface area contributed by atoms with Crippen LogP contribution < -0.4 is 9.62 Å². The van der Waals surface area contributed by atoms with E-state index in [1.165, 1.54) is 23.5 Å². The van der Waals surface area contributed by atoms with Crippen LogP contribution in [0.1, 0.15) is 30.6 Å². The monoisotopic (exact) mass is 459 g/mol. The molecule has 0 aliphatic carbocycles. The van der Waals surface area contributed by atoms with Crippen LogP contribution in [0.2, 0.25) is 0 Å². The van der Waals surface area contributed by atoms with Gasteiger partial charge in [0.2, 0.25) is 0 Å². The maximum Gasteiger partial charge on any atom is 0.264 e. The topological polar surface area (TPSA) is 79.0 Å². The predicted octanol–water partition coefficient (Wildman–Crippen LogP) is 2.99. The molecule has 1 aliphatic rings. The molecule has 0 spiro atoms. The van der Waals surface area contributed by atoms with Crippen molar-refractivity contribution in [2.45, 2.75) is 31.2 Å². The van der Waals surface area contributed by atoms with Gasteiger partial charge in [-0.25, -0.2) is 8.42 Å². The first-order chi connectivity index (χ1) is 15.3.